The van der Waals surface area contributed by atoms with Crippen molar-refractivity contribution in [3.63, 3.8) is 0 Å². The molecule has 0 aliphatic rings. The summed E-state index contributed by atoms with van der Waals surface area (Å²) in [5, 5.41) is 3.53. The van der Waals surface area contributed by atoms with Crippen LogP contribution in [0.2, 0.25) is 0 Å². The summed E-state index contributed by atoms with van der Waals surface area (Å²) in [5.41, 5.74) is 3.72. The maximum Gasteiger partial charge on any atom is 0.122 e. The van der Waals surface area contributed by atoms with Gasteiger partial charge in [0.05, 0.1) is 6.04 Å². The third-order valence-corrected chi connectivity index (χ3v) is 3.74. The zero-order valence-corrected chi connectivity index (χ0v) is 13.4. The van der Waals surface area contributed by atoms with Gasteiger partial charge in [-0.05, 0) is 44.5 Å². The summed E-state index contributed by atoms with van der Waals surface area (Å²) < 4.78 is 6.18. The van der Waals surface area contributed by atoms with Gasteiger partial charge in [0, 0.05) is 0 Å². The van der Waals surface area contributed by atoms with Crippen molar-refractivity contribution in [2.75, 3.05) is 6.54 Å². The quantitative estimate of drug-likeness (QED) is 0.847. The molecule has 0 aromatic heterocycles. The van der Waals surface area contributed by atoms with Crippen LogP contribution < -0.4 is 10.1 Å². The van der Waals surface area contributed by atoms with Gasteiger partial charge in [-0.15, -0.1) is 0 Å². The second-order valence-electron chi connectivity index (χ2n) is 5.53. The fourth-order valence-electron chi connectivity index (χ4n) is 2.51. The van der Waals surface area contributed by atoms with Crippen molar-refractivity contribution >= 4 is 0 Å². The first kappa shape index (κ1) is 15.6. The highest BCUT2D eigenvalue weighted by molar-refractivity contribution is 5.32. The fourth-order valence-corrected chi connectivity index (χ4v) is 2.51. The molecule has 2 atom stereocenters. The molecule has 2 unspecified atom stereocenters. The maximum absolute atomic E-state index is 6.18. The van der Waals surface area contributed by atoms with Crippen LogP contribution in [0.15, 0.2) is 48.5 Å². The molecule has 0 aliphatic carbocycles. The average Bonchev–Trinajstić information content (AvgIpc) is 2.48. The zero-order valence-electron chi connectivity index (χ0n) is 13.4. The van der Waals surface area contributed by atoms with Gasteiger partial charge in [-0.1, -0.05) is 55.0 Å². The first-order chi connectivity index (χ1) is 10.1. The number of nitrogens with one attached hydrogen (secondary N) is 1. The van der Waals surface area contributed by atoms with Crippen LogP contribution in [0.25, 0.3) is 0 Å². The number of para-hydroxylation sites is 1. The van der Waals surface area contributed by atoms with Gasteiger partial charge in [-0.3, -0.25) is 0 Å². The maximum atomic E-state index is 6.18. The number of benzene rings is 2. The Morgan fingerprint density at radius 1 is 1.00 bits per heavy atom. The molecular weight excluding hydrogens is 258 g/mol. The van der Waals surface area contributed by atoms with Gasteiger partial charge in [-0.2, -0.15) is 0 Å². The summed E-state index contributed by atoms with van der Waals surface area (Å²) in [5.74, 6) is 0.958. The van der Waals surface area contributed by atoms with E-state index in [4.69, 9.17) is 4.74 Å². The largest absolute Gasteiger partial charge is 0.488 e. The van der Waals surface area contributed by atoms with Crippen molar-refractivity contribution in [3.05, 3.63) is 65.2 Å². The first-order valence-electron chi connectivity index (χ1n) is 7.64. The topological polar surface area (TPSA) is 21.3 Å². The number of likely N-dealkylation sites (N-methyl/N-ethyl adjacent to an activating group) is 1. The Kier molecular flexibility index (Phi) is 5.40. The molecule has 0 heterocycles. The average molecular weight is 283 g/mol. The van der Waals surface area contributed by atoms with E-state index in [-0.39, 0.29) is 12.1 Å². The van der Waals surface area contributed by atoms with Crippen LogP contribution >= 0.6 is 0 Å². The highest BCUT2D eigenvalue weighted by atomic mass is 16.5. The smallest absolute Gasteiger partial charge is 0.122 e. The lowest BCUT2D eigenvalue weighted by Crippen LogP contribution is -2.33. The van der Waals surface area contributed by atoms with Gasteiger partial charge >= 0.3 is 0 Å². The van der Waals surface area contributed by atoms with Crippen molar-refractivity contribution in [1.82, 2.24) is 5.32 Å². The molecule has 0 fully saturated rings. The van der Waals surface area contributed by atoms with Crippen molar-refractivity contribution < 1.29 is 4.74 Å². The van der Waals surface area contributed by atoms with E-state index in [1.165, 1.54) is 16.7 Å². The number of hydrogen-bond acceptors (Lipinski definition) is 2. The molecule has 0 saturated carbocycles. The fraction of sp³-hybridized carbons (Fsp3) is 0.368. The molecule has 2 nitrogen and oxygen atoms in total. The van der Waals surface area contributed by atoms with E-state index in [1.807, 2.05) is 18.2 Å². The zero-order chi connectivity index (χ0) is 15.2. The Bertz CT molecular complexity index is 562. The Morgan fingerprint density at radius 3 is 2.29 bits per heavy atom. The van der Waals surface area contributed by atoms with E-state index < -0.39 is 0 Å². The molecule has 0 radical (unpaired) electrons. The predicted molar refractivity (Wildman–Crippen MR) is 88.9 cm³/mol. The van der Waals surface area contributed by atoms with E-state index in [0.717, 1.165) is 12.3 Å². The van der Waals surface area contributed by atoms with Crippen molar-refractivity contribution in [2.45, 2.75) is 39.8 Å². The van der Waals surface area contributed by atoms with Crippen LogP contribution in [-0.2, 0) is 0 Å². The van der Waals surface area contributed by atoms with Crippen LogP contribution in [0.4, 0.5) is 0 Å². The monoisotopic (exact) mass is 283 g/mol. The molecule has 0 spiro atoms. The summed E-state index contributed by atoms with van der Waals surface area (Å²) in [6.45, 7) is 9.36. The molecule has 21 heavy (non-hydrogen) atoms. The lowest BCUT2D eigenvalue weighted by Gasteiger charge is -2.27. The second-order valence-corrected chi connectivity index (χ2v) is 5.53. The standard InChI is InChI=1S/C19H25NO/c1-5-20-19(17-12-10-14(2)11-13-17)16(4)21-18-9-7-6-8-15(18)3/h6-13,16,19-20H,5H2,1-4H3. The van der Waals surface area contributed by atoms with Gasteiger partial charge in [-0.25, -0.2) is 0 Å². The van der Waals surface area contributed by atoms with E-state index >= 15 is 0 Å². The Labute approximate surface area is 128 Å². The van der Waals surface area contributed by atoms with Gasteiger partial charge in [0.1, 0.15) is 11.9 Å². The van der Waals surface area contributed by atoms with Gasteiger partial charge in [0.25, 0.3) is 0 Å². The van der Waals surface area contributed by atoms with Crippen molar-refractivity contribution in [1.29, 1.82) is 0 Å². The van der Waals surface area contributed by atoms with Crippen LogP contribution in [0, 0.1) is 13.8 Å². The summed E-state index contributed by atoms with van der Waals surface area (Å²) in [6.07, 6.45) is 0.0637. The molecule has 112 valence electrons. The summed E-state index contributed by atoms with van der Waals surface area (Å²) in [6, 6.07) is 17.0. The molecular formula is C19H25NO. The minimum atomic E-state index is 0.0637. The summed E-state index contributed by atoms with van der Waals surface area (Å²) in [4.78, 5) is 0. The number of aryl methyl sites for hydroxylation is 2. The molecule has 0 bridgehead atoms. The number of ether oxygens (including phenoxy) is 1. The minimum Gasteiger partial charge on any atom is -0.488 e. The predicted octanol–water partition coefficient (Wildman–Crippen LogP) is 4.42. The highest BCUT2D eigenvalue weighted by Gasteiger charge is 2.20. The molecule has 1 N–H and O–H groups in total. The van der Waals surface area contributed by atoms with E-state index in [1.54, 1.807) is 0 Å². The summed E-state index contributed by atoms with van der Waals surface area (Å²) in [7, 11) is 0. The van der Waals surface area contributed by atoms with Crippen LogP contribution in [0.3, 0.4) is 0 Å². The molecule has 2 heteroatoms. The lowest BCUT2D eigenvalue weighted by atomic mass is 10.0. The Morgan fingerprint density at radius 2 is 1.67 bits per heavy atom. The molecule has 0 saturated heterocycles. The second kappa shape index (κ2) is 7.28. The van der Waals surface area contributed by atoms with E-state index in [2.05, 4.69) is 63.3 Å². The molecule has 0 amide bonds. The van der Waals surface area contributed by atoms with Crippen LogP contribution in [0.5, 0.6) is 5.75 Å². The van der Waals surface area contributed by atoms with Crippen LogP contribution in [0.1, 0.15) is 36.6 Å². The normalized spacial score (nSPS) is 13.7. The van der Waals surface area contributed by atoms with Gasteiger partial charge in [0.15, 0.2) is 0 Å². The van der Waals surface area contributed by atoms with E-state index in [0.29, 0.717) is 0 Å². The first-order valence-corrected chi connectivity index (χ1v) is 7.64. The lowest BCUT2D eigenvalue weighted by molar-refractivity contribution is 0.170. The SMILES string of the molecule is CCNC(c1ccc(C)cc1)C(C)Oc1ccccc1C. The van der Waals surface area contributed by atoms with Crippen molar-refractivity contribution in [3.8, 4) is 5.75 Å². The van der Waals surface area contributed by atoms with Crippen molar-refractivity contribution in [2.24, 2.45) is 0 Å². The van der Waals surface area contributed by atoms with Crippen LogP contribution in [-0.4, -0.2) is 12.6 Å². The third-order valence-electron chi connectivity index (χ3n) is 3.74. The Balaban J connectivity index is 2.17. The van der Waals surface area contributed by atoms with E-state index in [9.17, 15) is 0 Å². The Hall–Kier alpha value is -1.80. The summed E-state index contributed by atoms with van der Waals surface area (Å²) >= 11 is 0. The molecule has 2 rings (SSSR count). The number of hydrogen-bond donors (Lipinski definition) is 1. The van der Waals surface area contributed by atoms with Gasteiger partial charge in [0.2, 0.25) is 0 Å². The highest BCUT2D eigenvalue weighted by Crippen LogP contribution is 2.24. The molecule has 2 aromatic rings. The van der Waals surface area contributed by atoms with Gasteiger partial charge < -0.3 is 10.1 Å². The molecule has 2 aromatic carbocycles. The minimum absolute atomic E-state index is 0.0637. The number of rotatable bonds is 6. The molecule has 0 aliphatic heterocycles. The third kappa shape index (κ3) is 4.08.